The van der Waals surface area contributed by atoms with E-state index >= 15 is 0 Å². The van der Waals surface area contributed by atoms with Crippen LogP contribution in [0, 0.1) is 0 Å². The molecular formula is C37H42ClN3O5S. The SMILES string of the molecule is COc1ccc(-c2ccc(N(C)C=O)cc2)cc1CN(C(=O)c1sc2ccccc2c1Cl)[C@H]1CC[C@H](N(C)C(=O)OC(C)(C)C)CC1. The molecular weight excluding hydrogens is 634 g/mol. The predicted molar refractivity (Wildman–Crippen MR) is 190 cm³/mol. The first-order valence-corrected chi connectivity index (χ1v) is 17.0. The van der Waals surface area contributed by atoms with E-state index in [0.29, 0.717) is 22.2 Å². The largest absolute Gasteiger partial charge is 0.496 e. The molecule has 0 aliphatic heterocycles. The van der Waals surface area contributed by atoms with Crippen LogP contribution in [0.2, 0.25) is 5.02 Å². The zero-order chi connectivity index (χ0) is 33.9. The summed E-state index contributed by atoms with van der Waals surface area (Å²) in [6, 6.07) is 21.5. The highest BCUT2D eigenvalue weighted by molar-refractivity contribution is 7.21. The van der Waals surface area contributed by atoms with E-state index < -0.39 is 5.60 Å². The lowest BCUT2D eigenvalue weighted by atomic mass is 9.89. The molecule has 47 heavy (non-hydrogen) atoms. The van der Waals surface area contributed by atoms with E-state index in [4.69, 9.17) is 21.1 Å². The van der Waals surface area contributed by atoms with E-state index in [1.807, 2.05) is 86.3 Å². The summed E-state index contributed by atoms with van der Waals surface area (Å²) < 4.78 is 12.4. The number of rotatable bonds is 9. The third-order valence-corrected chi connectivity index (χ3v) is 10.4. The van der Waals surface area contributed by atoms with Gasteiger partial charge in [0.15, 0.2) is 0 Å². The van der Waals surface area contributed by atoms with Crippen LogP contribution >= 0.6 is 22.9 Å². The quantitative estimate of drug-likeness (QED) is 0.166. The van der Waals surface area contributed by atoms with Crippen LogP contribution in [0.5, 0.6) is 5.75 Å². The van der Waals surface area contributed by atoms with Gasteiger partial charge in [-0.2, -0.15) is 0 Å². The molecule has 1 saturated carbocycles. The van der Waals surface area contributed by atoms with Gasteiger partial charge in [0.1, 0.15) is 16.2 Å². The van der Waals surface area contributed by atoms with Crippen molar-refractivity contribution in [3.05, 3.63) is 82.2 Å². The highest BCUT2D eigenvalue weighted by Crippen LogP contribution is 2.39. The Morgan fingerprint density at radius 1 is 0.936 bits per heavy atom. The number of nitrogens with zero attached hydrogens (tertiary/aromatic N) is 3. The Bertz CT molecular complexity index is 1740. The van der Waals surface area contributed by atoms with Gasteiger partial charge in [0.05, 0.1) is 12.1 Å². The Hall–Kier alpha value is -4.08. The first-order chi connectivity index (χ1) is 22.4. The molecule has 3 amide bonds. The van der Waals surface area contributed by atoms with E-state index in [2.05, 4.69) is 6.07 Å². The highest BCUT2D eigenvalue weighted by Gasteiger charge is 2.35. The summed E-state index contributed by atoms with van der Waals surface area (Å²) in [7, 11) is 5.14. The van der Waals surface area contributed by atoms with Gasteiger partial charge >= 0.3 is 6.09 Å². The molecule has 1 aliphatic carbocycles. The summed E-state index contributed by atoms with van der Waals surface area (Å²) in [5.41, 5.74) is 3.04. The molecule has 0 bridgehead atoms. The van der Waals surface area contributed by atoms with Crippen LogP contribution in [0.25, 0.3) is 21.2 Å². The first-order valence-electron chi connectivity index (χ1n) is 15.8. The van der Waals surface area contributed by atoms with Crippen LogP contribution in [0.3, 0.4) is 0 Å². The fourth-order valence-corrected chi connectivity index (χ4v) is 7.57. The number of anilines is 1. The predicted octanol–water partition coefficient (Wildman–Crippen LogP) is 8.64. The van der Waals surface area contributed by atoms with Crippen molar-refractivity contribution in [2.75, 3.05) is 26.1 Å². The van der Waals surface area contributed by atoms with Crippen LogP contribution in [0.1, 0.15) is 61.7 Å². The van der Waals surface area contributed by atoms with Gasteiger partial charge in [0.2, 0.25) is 6.41 Å². The number of halogens is 1. The van der Waals surface area contributed by atoms with Gasteiger partial charge in [-0.3, -0.25) is 9.59 Å². The van der Waals surface area contributed by atoms with Gasteiger partial charge in [0, 0.05) is 54.1 Å². The number of hydrogen-bond acceptors (Lipinski definition) is 6. The highest BCUT2D eigenvalue weighted by atomic mass is 35.5. The third kappa shape index (κ3) is 7.74. The fourth-order valence-electron chi connectivity index (χ4n) is 6.10. The van der Waals surface area contributed by atoms with Crippen molar-refractivity contribution in [1.29, 1.82) is 0 Å². The molecule has 1 aromatic heterocycles. The van der Waals surface area contributed by atoms with Crippen molar-refractivity contribution in [2.24, 2.45) is 0 Å². The zero-order valence-corrected chi connectivity index (χ0v) is 29.4. The molecule has 5 rings (SSSR count). The third-order valence-electron chi connectivity index (χ3n) is 8.71. The van der Waals surface area contributed by atoms with Gasteiger partial charge in [0.25, 0.3) is 5.91 Å². The molecule has 0 unspecified atom stereocenters. The number of thiophene rings is 1. The number of fused-ring (bicyclic) bond motifs is 1. The van der Waals surface area contributed by atoms with Crippen molar-refractivity contribution in [3.63, 3.8) is 0 Å². The molecule has 0 N–H and O–H groups in total. The standard InChI is InChI=1S/C37H42ClN3O5S/c1-37(2,3)46-36(44)40(5)28-16-18-29(19-17-28)41(35(43)34-33(38)30-9-7-8-10-32(30)47-34)22-26-21-25(13-20-31(26)45-6)24-11-14-27(15-12-24)39(4)23-42/h7-15,20-21,23,28-29H,16-19,22H2,1-6H3/t28-,29-. The molecule has 0 spiro atoms. The molecule has 4 aromatic rings. The minimum absolute atomic E-state index is 0.0186. The summed E-state index contributed by atoms with van der Waals surface area (Å²) in [6.45, 7) is 5.92. The second-order valence-electron chi connectivity index (χ2n) is 13.0. The minimum Gasteiger partial charge on any atom is -0.496 e. The maximum absolute atomic E-state index is 14.5. The Labute approximate surface area is 285 Å². The van der Waals surface area contributed by atoms with Crippen LogP contribution in [0.4, 0.5) is 10.5 Å². The van der Waals surface area contributed by atoms with Gasteiger partial charge in [-0.05, 0) is 87.9 Å². The van der Waals surface area contributed by atoms with Crippen LogP contribution in [0.15, 0.2) is 66.7 Å². The number of benzene rings is 3. The molecule has 1 fully saturated rings. The van der Waals surface area contributed by atoms with Crippen LogP contribution in [-0.4, -0.2) is 67.1 Å². The number of amides is 3. The Morgan fingerprint density at radius 2 is 1.57 bits per heavy atom. The maximum Gasteiger partial charge on any atom is 0.410 e. The molecule has 248 valence electrons. The summed E-state index contributed by atoms with van der Waals surface area (Å²) >= 11 is 8.27. The fraction of sp³-hybridized carbons (Fsp3) is 0.378. The topological polar surface area (TPSA) is 79.4 Å². The number of hydrogen-bond donors (Lipinski definition) is 0. The number of methoxy groups -OCH3 is 1. The van der Waals surface area contributed by atoms with E-state index in [1.165, 1.54) is 16.2 Å². The van der Waals surface area contributed by atoms with E-state index in [9.17, 15) is 14.4 Å². The van der Waals surface area contributed by atoms with Gasteiger partial charge < -0.3 is 24.2 Å². The first kappa shape index (κ1) is 34.3. The van der Waals surface area contributed by atoms with Crippen LogP contribution < -0.4 is 9.64 Å². The van der Waals surface area contributed by atoms with Gasteiger partial charge in [-0.1, -0.05) is 48.0 Å². The zero-order valence-electron chi connectivity index (χ0n) is 27.8. The minimum atomic E-state index is -0.573. The lowest BCUT2D eigenvalue weighted by Gasteiger charge is -2.40. The second kappa shape index (κ2) is 14.4. The average molecular weight is 676 g/mol. The molecule has 0 saturated heterocycles. The molecule has 1 aliphatic rings. The molecule has 1 heterocycles. The Kier molecular flexibility index (Phi) is 10.5. The lowest BCUT2D eigenvalue weighted by molar-refractivity contribution is -0.107. The number of ether oxygens (including phenoxy) is 2. The summed E-state index contributed by atoms with van der Waals surface area (Å²) in [4.78, 5) is 44.2. The number of carbonyl (C=O) groups excluding carboxylic acids is 3. The van der Waals surface area contributed by atoms with E-state index in [0.717, 1.165) is 64.6 Å². The molecule has 8 nitrogen and oxygen atoms in total. The average Bonchev–Trinajstić information content (AvgIpc) is 3.41. The second-order valence-corrected chi connectivity index (χ2v) is 14.4. The van der Waals surface area contributed by atoms with E-state index in [-0.39, 0.29) is 24.1 Å². The smallest absolute Gasteiger partial charge is 0.410 e. The van der Waals surface area contributed by atoms with Crippen LogP contribution in [-0.2, 0) is 16.1 Å². The van der Waals surface area contributed by atoms with Crippen molar-refractivity contribution in [2.45, 2.75) is 70.7 Å². The molecule has 10 heteroatoms. The van der Waals surface area contributed by atoms with Crippen molar-refractivity contribution in [3.8, 4) is 16.9 Å². The normalized spacial score (nSPS) is 16.4. The molecule has 0 radical (unpaired) electrons. The molecule has 3 aromatic carbocycles. The summed E-state index contributed by atoms with van der Waals surface area (Å²) in [5, 5.41) is 1.34. The Balaban J connectivity index is 1.45. The van der Waals surface area contributed by atoms with Crippen molar-refractivity contribution >= 4 is 57.1 Å². The number of carbonyl (C=O) groups is 3. The maximum atomic E-state index is 14.5. The molecule has 0 atom stereocenters. The Morgan fingerprint density at radius 3 is 2.19 bits per heavy atom. The van der Waals surface area contributed by atoms with Crippen molar-refractivity contribution < 1.29 is 23.9 Å². The lowest BCUT2D eigenvalue weighted by Crippen LogP contribution is -2.47. The van der Waals surface area contributed by atoms with E-state index in [1.54, 1.807) is 26.1 Å². The van der Waals surface area contributed by atoms with Gasteiger partial charge in [-0.25, -0.2) is 4.79 Å². The van der Waals surface area contributed by atoms with Crippen molar-refractivity contribution in [1.82, 2.24) is 9.80 Å². The summed E-state index contributed by atoms with van der Waals surface area (Å²) in [5.74, 6) is 0.568. The van der Waals surface area contributed by atoms with Gasteiger partial charge in [-0.15, -0.1) is 11.3 Å². The summed E-state index contributed by atoms with van der Waals surface area (Å²) in [6.07, 6.45) is 3.36. The monoisotopic (exact) mass is 675 g/mol.